The largest absolute Gasteiger partial charge is 0.465 e. The number of carbonyl (C=O) groups is 3. The summed E-state index contributed by atoms with van der Waals surface area (Å²) >= 11 is 0. The standard InChI is InChI=1S/C28H28F3N7O6/c1-2-44-25(41)15-38-22-11-21(19(28(29,30)31)10-20(22)36-26(42)27(38)43)37-9-3-4-17(14-37)12-34-24(40)6-5-23(39)33-8-7-18-13-32-16-35-18/h10-11,13-14,16H,2,4-8,12,15H2,1H3,(H,32,35)(H,33,39)(H,34,40)(H,36,42). The molecule has 4 N–H and O–H groups in total. The molecule has 0 saturated carbocycles. The summed E-state index contributed by atoms with van der Waals surface area (Å²) in [5.74, 6) is 1.11. The number of esters is 1. The molecule has 0 saturated heterocycles. The van der Waals surface area contributed by atoms with Gasteiger partial charge < -0.3 is 25.3 Å². The summed E-state index contributed by atoms with van der Waals surface area (Å²) in [5.41, 5.74) is -3.11. The van der Waals surface area contributed by atoms with E-state index in [0.29, 0.717) is 24.6 Å². The third-order valence-electron chi connectivity index (χ3n) is 6.44. The van der Waals surface area contributed by atoms with E-state index in [4.69, 9.17) is 4.74 Å². The number of nitrogens with one attached hydrogen (secondary N) is 4. The normalized spacial score (nSPS) is 12.7. The Morgan fingerprint density at radius 3 is 2.57 bits per heavy atom. The zero-order valence-corrected chi connectivity index (χ0v) is 23.5. The van der Waals surface area contributed by atoms with Crippen LogP contribution >= 0.6 is 0 Å². The van der Waals surface area contributed by atoms with Crippen molar-refractivity contribution < 1.29 is 32.3 Å². The molecule has 0 spiro atoms. The molecule has 0 aliphatic carbocycles. The first-order chi connectivity index (χ1) is 21.0. The van der Waals surface area contributed by atoms with Gasteiger partial charge in [-0.15, -0.1) is 0 Å². The minimum Gasteiger partial charge on any atom is -0.465 e. The fourth-order valence-electron chi connectivity index (χ4n) is 4.34. The molecule has 44 heavy (non-hydrogen) atoms. The summed E-state index contributed by atoms with van der Waals surface area (Å²) in [7, 11) is 0. The molecule has 232 valence electrons. The van der Waals surface area contributed by atoms with Crippen molar-refractivity contribution in [1.29, 1.82) is 0 Å². The second-order valence-electron chi connectivity index (χ2n) is 9.61. The van der Waals surface area contributed by atoms with E-state index < -0.39 is 47.0 Å². The van der Waals surface area contributed by atoms with Gasteiger partial charge in [0.05, 0.1) is 35.2 Å². The number of anilines is 1. The highest BCUT2D eigenvalue weighted by Gasteiger charge is 2.36. The van der Waals surface area contributed by atoms with Crippen LogP contribution in [-0.2, 0) is 38.3 Å². The average molecular weight is 616 g/mol. The molecule has 1 aromatic carbocycles. The van der Waals surface area contributed by atoms with Gasteiger partial charge in [0.2, 0.25) is 11.8 Å². The van der Waals surface area contributed by atoms with Crippen molar-refractivity contribution in [1.82, 2.24) is 30.2 Å². The fraction of sp³-hybridized carbons (Fsp3) is 0.357. The van der Waals surface area contributed by atoms with Crippen LogP contribution in [0.1, 0.15) is 37.4 Å². The molecule has 0 radical (unpaired) electrons. The zero-order valence-electron chi connectivity index (χ0n) is 23.5. The Morgan fingerprint density at radius 1 is 1.14 bits per heavy atom. The van der Waals surface area contributed by atoms with Crippen LogP contribution in [0.2, 0.25) is 0 Å². The number of carbonyl (C=O) groups excluding carboxylic acids is 3. The number of aromatic nitrogens is 4. The van der Waals surface area contributed by atoms with Gasteiger partial charge in [0, 0.05) is 62.9 Å². The summed E-state index contributed by atoms with van der Waals surface area (Å²) < 4.78 is 48.0. The van der Waals surface area contributed by atoms with Crippen molar-refractivity contribution in [2.45, 2.75) is 45.3 Å². The quantitative estimate of drug-likeness (QED) is 0.134. The minimum absolute atomic E-state index is 0.00840. The van der Waals surface area contributed by atoms with Crippen molar-refractivity contribution in [2.75, 3.05) is 24.6 Å². The SMILES string of the molecule is CCOC(=O)Cn1c(=O)c(=O)[nH]c2cc(C(F)(F)F)c(N3C#CCC(CNC(=O)CCC(=O)NCCc4cnc[nH]4)=C3)cc21. The van der Waals surface area contributed by atoms with Crippen molar-refractivity contribution in [3.8, 4) is 12.0 Å². The number of alkyl halides is 3. The lowest BCUT2D eigenvalue weighted by Crippen LogP contribution is -2.38. The Balaban J connectivity index is 1.49. The highest BCUT2D eigenvalue weighted by molar-refractivity contribution is 5.85. The monoisotopic (exact) mass is 615 g/mol. The number of aromatic amines is 2. The van der Waals surface area contributed by atoms with Crippen LogP contribution < -0.4 is 26.7 Å². The van der Waals surface area contributed by atoms with E-state index in [1.54, 1.807) is 6.20 Å². The first-order valence-electron chi connectivity index (χ1n) is 13.5. The van der Waals surface area contributed by atoms with Gasteiger partial charge in [-0.3, -0.25) is 33.4 Å². The number of imidazole rings is 1. The number of hydrogen-bond donors (Lipinski definition) is 4. The zero-order chi connectivity index (χ0) is 31.9. The van der Waals surface area contributed by atoms with Gasteiger partial charge >= 0.3 is 23.3 Å². The Hall–Kier alpha value is -5.33. The predicted octanol–water partition coefficient (Wildman–Crippen LogP) is 1.31. The van der Waals surface area contributed by atoms with Crippen LogP contribution in [0.15, 0.2) is 46.0 Å². The first kappa shape index (κ1) is 31.6. The molecule has 1 aliphatic heterocycles. The lowest BCUT2D eigenvalue weighted by Gasteiger charge is -2.23. The van der Waals surface area contributed by atoms with Gasteiger partial charge in [0.25, 0.3) is 0 Å². The van der Waals surface area contributed by atoms with Crippen molar-refractivity contribution in [2.24, 2.45) is 0 Å². The fourth-order valence-corrected chi connectivity index (χ4v) is 4.34. The molecule has 2 aromatic heterocycles. The molecular formula is C28H28F3N7O6. The molecular weight excluding hydrogens is 587 g/mol. The average Bonchev–Trinajstić information content (AvgIpc) is 3.50. The van der Waals surface area contributed by atoms with Crippen molar-refractivity contribution >= 4 is 34.5 Å². The molecule has 0 atom stereocenters. The van der Waals surface area contributed by atoms with E-state index in [0.717, 1.165) is 21.2 Å². The second kappa shape index (κ2) is 13.8. The van der Waals surface area contributed by atoms with Crippen LogP contribution in [0.4, 0.5) is 18.9 Å². The molecule has 0 fully saturated rings. The van der Waals surface area contributed by atoms with E-state index in [1.165, 1.54) is 19.5 Å². The summed E-state index contributed by atoms with van der Waals surface area (Å²) in [4.78, 5) is 71.1. The van der Waals surface area contributed by atoms with Gasteiger partial charge in [-0.25, -0.2) is 4.98 Å². The highest BCUT2D eigenvalue weighted by atomic mass is 19.4. The summed E-state index contributed by atoms with van der Waals surface area (Å²) in [6.07, 6.45) is 0.165. The van der Waals surface area contributed by atoms with Gasteiger partial charge in [0.15, 0.2) is 0 Å². The number of rotatable bonds is 12. The van der Waals surface area contributed by atoms with E-state index in [-0.39, 0.29) is 49.4 Å². The van der Waals surface area contributed by atoms with Gasteiger partial charge in [-0.05, 0) is 24.6 Å². The van der Waals surface area contributed by atoms with Crippen LogP contribution in [0.3, 0.4) is 0 Å². The molecule has 16 heteroatoms. The lowest BCUT2D eigenvalue weighted by atomic mass is 10.1. The summed E-state index contributed by atoms with van der Waals surface area (Å²) in [5, 5.41) is 5.34. The second-order valence-corrected chi connectivity index (χ2v) is 9.61. The van der Waals surface area contributed by atoms with E-state index in [1.807, 2.05) is 0 Å². The van der Waals surface area contributed by atoms with Gasteiger partial charge in [-0.1, -0.05) is 5.92 Å². The van der Waals surface area contributed by atoms with Gasteiger partial charge in [0.1, 0.15) is 6.54 Å². The number of hydrogen-bond acceptors (Lipinski definition) is 8. The maximum absolute atomic E-state index is 14.1. The molecule has 0 unspecified atom stereocenters. The summed E-state index contributed by atoms with van der Waals surface area (Å²) in [6, 6.07) is 4.26. The van der Waals surface area contributed by atoms with Crippen LogP contribution in [-0.4, -0.2) is 57.0 Å². The summed E-state index contributed by atoms with van der Waals surface area (Å²) in [6.45, 7) is 1.16. The molecule has 4 rings (SSSR count). The number of benzene rings is 1. The number of ether oxygens (including phenoxy) is 1. The van der Waals surface area contributed by atoms with E-state index in [9.17, 15) is 37.1 Å². The molecule has 0 bridgehead atoms. The first-order valence-corrected chi connectivity index (χ1v) is 13.5. The van der Waals surface area contributed by atoms with Crippen LogP contribution in [0.5, 0.6) is 0 Å². The maximum Gasteiger partial charge on any atom is 0.418 e. The number of halogens is 3. The molecule has 3 aromatic rings. The third kappa shape index (κ3) is 7.94. The Morgan fingerprint density at radius 2 is 1.89 bits per heavy atom. The van der Waals surface area contributed by atoms with Crippen LogP contribution in [0.25, 0.3) is 11.0 Å². The van der Waals surface area contributed by atoms with Crippen molar-refractivity contribution in [3.05, 3.63) is 68.4 Å². The number of nitrogens with zero attached hydrogens (tertiary/aromatic N) is 3. The highest BCUT2D eigenvalue weighted by Crippen LogP contribution is 2.39. The third-order valence-corrected chi connectivity index (χ3v) is 6.44. The Kier molecular flexibility index (Phi) is 9.88. The van der Waals surface area contributed by atoms with E-state index >= 15 is 0 Å². The Bertz CT molecular complexity index is 1760. The smallest absolute Gasteiger partial charge is 0.418 e. The predicted molar refractivity (Wildman–Crippen MR) is 151 cm³/mol. The van der Waals surface area contributed by atoms with Crippen LogP contribution in [0, 0.1) is 12.0 Å². The maximum atomic E-state index is 14.1. The van der Waals surface area contributed by atoms with Crippen molar-refractivity contribution in [3.63, 3.8) is 0 Å². The Labute approximate surface area is 247 Å². The molecule has 13 nitrogen and oxygen atoms in total. The van der Waals surface area contributed by atoms with E-state index in [2.05, 4.69) is 37.6 Å². The molecule has 1 aliphatic rings. The molecule has 2 amide bonds. The molecule has 3 heterocycles. The number of amides is 2. The van der Waals surface area contributed by atoms with Gasteiger partial charge in [-0.2, -0.15) is 13.2 Å². The number of fused-ring (bicyclic) bond motifs is 1. The topological polar surface area (TPSA) is 171 Å². The number of H-pyrrole nitrogens is 2. The lowest BCUT2D eigenvalue weighted by molar-refractivity contribution is -0.144. The minimum atomic E-state index is -4.89.